The third-order valence-electron chi connectivity index (χ3n) is 4.96. The highest BCUT2D eigenvalue weighted by Gasteiger charge is 2.22. The largest absolute Gasteiger partial charge is 0.389 e. The van der Waals surface area contributed by atoms with Gasteiger partial charge in [-0.2, -0.15) is 0 Å². The number of nitrogens with two attached hydrogens (primary N) is 2. The molecule has 0 saturated carbocycles. The number of carbonyl (C=O) groups is 1. The van der Waals surface area contributed by atoms with Crippen molar-refractivity contribution in [2.75, 3.05) is 29.0 Å². The Morgan fingerprint density at radius 1 is 1.28 bits per heavy atom. The van der Waals surface area contributed by atoms with Gasteiger partial charge in [-0.3, -0.25) is 9.78 Å². The number of piperidine rings is 1. The van der Waals surface area contributed by atoms with Gasteiger partial charge in [0.25, 0.3) is 5.91 Å². The van der Waals surface area contributed by atoms with E-state index < -0.39 is 0 Å². The maximum atomic E-state index is 12.9. The summed E-state index contributed by atoms with van der Waals surface area (Å²) in [5.41, 5.74) is 15.2. The maximum absolute atomic E-state index is 12.9. The lowest BCUT2D eigenvalue weighted by Gasteiger charge is -2.33. The van der Waals surface area contributed by atoms with Gasteiger partial charge in [0.1, 0.15) is 5.00 Å². The number of amides is 1. The summed E-state index contributed by atoms with van der Waals surface area (Å²) < 4.78 is 0. The van der Waals surface area contributed by atoms with E-state index in [9.17, 15) is 4.79 Å². The quantitative estimate of drug-likeness (QED) is 0.599. The van der Waals surface area contributed by atoms with Crippen molar-refractivity contribution in [3.63, 3.8) is 0 Å². The van der Waals surface area contributed by atoms with Crippen LogP contribution in [0.15, 0.2) is 48.8 Å². The highest BCUT2D eigenvalue weighted by atomic mass is 32.1. The highest BCUT2D eigenvalue weighted by Crippen LogP contribution is 2.29. The molecule has 0 aliphatic carbocycles. The van der Waals surface area contributed by atoms with Gasteiger partial charge in [-0.25, -0.2) is 4.98 Å². The summed E-state index contributed by atoms with van der Waals surface area (Å²) in [6.45, 7) is 1.66. The molecule has 150 valence electrons. The first-order valence-corrected chi connectivity index (χ1v) is 10.5. The molecule has 0 spiro atoms. The minimum absolute atomic E-state index is 0.134. The van der Waals surface area contributed by atoms with Crippen LogP contribution in [0.1, 0.15) is 33.9 Å². The predicted molar refractivity (Wildman–Crippen MR) is 117 cm³/mol. The topological polar surface area (TPSA) is 110 Å². The summed E-state index contributed by atoms with van der Waals surface area (Å²) >= 11 is 1.34. The molecule has 1 aliphatic rings. The fraction of sp³-hybridized carbons (Fsp3) is 0.286. The smallest absolute Gasteiger partial charge is 0.277 e. The van der Waals surface area contributed by atoms with E-state index in [1.54, 1.807) is 12.4 Å². The van der Waals surface area contributed by atoms with Crippen LogP contribution in [-0.4, -0.2) is 35.0 Å². The maximum Gasteiger partial charge on any atom is 0.277 e. The monoisotopic (exact) mass is 408 g/mol. The number of carbonyl (C=O) groups excluding carboxylic acids is 1. The number of pyridine rings is 1. The van der Waals surface area contributed by atoms with Gasteiger partial charge in [0.2, 0.25) is 0 Å². The van der Waals surface area contributed by atoms with Crippen molar-refractivity contribution in [2.45, 2.75) is 25.3 Å². The zero-order valence-electron chi connectivity index (χ0n) is 16.0. The lowest BCUT2D eigenvalue weighted by atomic mass is 10.1. The van der Waals surface area contributed by atoms with E-state index in [1.165, 1.54) is 11.3 Å². The van der Waals surface area contributed by atoms with Crippen LogP contribution < -0.4 is 21.7 Å². The highest BCUT2D eigenvalue weighted by molar-refractivity contribution is 7.16. The molecule has 1 atom stereocenters. The molecule has 5 N–H and O–H groups in total. The summed E-state index contributed by atoms with van der Waals surface area (Å²) in [5, 5.41) is 4.17. The third kappa shape index (κ3) is 4.55. The molecule has 8 heteroatoms. The summed E-state index contributed by atoms with van der Waals surface area (Å²) in [7, 11) is 0. The van der Waals surface area contributed by atoms with Crippen molar-refractivity contribution in [3.05, 3.63) is 65.1 Å². The predicted octanol–water partition coefficient (Wildman–Crippen LogP) is 2.89. The molecule has 1 unspecified atom stereocenters. The second-order valence-electron chi connectivity index (χ2n) is 7.18. The first-order chi connectivity index (χ1) is 14.1. The van der Waals surface area contributed by atoms with Crippen molar-refractivity contribution in [3.8, 4) is 0 Å². The fourth-order valence-corrected chi connectivity index (χ4v) is 4.42. The molecule has 29 heavy (non-hydrogen) atoms. The summed E-state index contributed by atoms with van der Waals surface area (Å²) in [6.07, 6.45) is 6.06. The van der Waals surface area contributed by atoms with Gasteiger partial charge in [-0.1, -0.05) is 30.3 Å². The molecule has 1 saturated heterocycles. The average Bonchev–Trinajstić information content (AvgIpc) is 3.09. The number of thiazole rings is 1. The van der Waals surface area contributed by atoms with Crippen LogP contribution in [0, 0.1) is 0 Å². The third-order valence-corrected chi connectivity index (χ3v) is 5.84. The van der Waals surface area contributed by atoms with Crippen LogP contribution in [0.25, 0.3) is 0 Å². The van der Waals surface area contributed by atoms with Gasteiger partial charge in [0.05, 0.1) is 22.6 Å². The molecule has 7 nitrogen and oxygen atoms in total. The fourth-order valence-electron chi connectivity index (χ4n) is 3.56. The van der Waals surface area contributed by atoms with Gasteiger partial charge in [-0.15, -0.1) is 11.3 Å². The Morgan fingerprint density at radius 3 is 2.90 bits per heavy atom. The number of benzene rings is 1. The lowest BCUT2D eigenvalue weighted by molar-refractivity contribution is 0.102. The standard InChI is InChI=1S/C21H24N6OS/c22-15-7-4-10-27(13-15)17-8-9-24-12-16(17)25-21(28)19-20(23)29-18(26-19)11-14-5-2-1-3-6-14/h1-3,5-6,8-9,12,15H,4,7,10-11,13,22-23H2,(H,25,28). The van der Waals surface area contributed by atoms with Gasteiger partial charge in [0.15, 0.2) is 5.69 Å². The minimum Gasteiger partial charge on any atom is -0.389 e. The van der Waals surface area contributed by atoms with Crippen LogP contribution in [0.4, 0.5) is 16.4 Å². The van der Waals surface area contributed by atoms with Crippen LogP contribution in [0.3, 0.4) is 0 Å². The Kier molecular flexibility index (Phi) is 5.73. The lowest BCUT2D eigenvalue weighted by Crippen LogP contribution is -2.43. The Hall–Kier alpha value is -2.97. The summed E-state index contributed by atoms with van der Waals surface area (Å²) in [4.78, 5) is 23.7. The number of hydrogen-bond acceptors (Lipinski definition) is 7. The molecule has 2 aromatic heterocycles. The van der Waals surface area contributed by atoms with E-state index in [1.807, 2.05) is 36.4 Å². The SMILES string of the molecule is Nc1sc(Cc2ccccc2)nc1C(=O)Nc1cnccc1N1CCCC(N)C1. The Morgan fingerprint density at radius 2 is 2.10 bits per heavy atom. The zero-order valence-corrected chi connectivity index (χ0v) is 16.9. The number of anilines is 3. The van der Waals surface area contributed by atoms with E-state index in [0.717, 1.165) is 42.2 Å². The van der Waals surface area contributed by atoms with Crippen LogP contribution in [0.2, 0.25) is 0 Å². The first kappa shape index (κ1) is 19.4. The summed E-state index contributed by atoms with van der Waals surface area (Å²) in [5.74, 6) is -0.325. The molecule has 1 aromatic carbocycles. The summed E-state index contributed by atoms with van der Waals surface area (Å²) in [6, 6.07) is 12.0. The Labute approximate surface area is 173 Å². The molecule has 3 heterocycles. The second kappa shape index (κ2) is 8.59. The van der Waals surface area contributed by atoms with E-state index in [-0.39, 0.29) is 17.6 Å². The van der Waals surface area contributed by atoms with Gasteiger partial charge < -0.3 is 21.7 Å². The number of hydrogen-bond donors (Lipinski definition) is 3. The Bertz CT molecular complexity index is 990. The van der Waals surface area contributed by atoms with Crippen molar-refractivity contribution < 1.29 is 4.79 Å². The second-order valence-corrected chi connectivity index (χ2v) is 8.29. The van der Waals surface area contributed by atoms with Crippen LogP contribution in [0.5, 0.6) is 0 Å². The van der Waals surface area contributed by atoms with Crippen molar-refractivity contribution in [2.24, 2.45) is 5.73 Å². The molecular weight excluding hydrogens is 384 g/mol. The van der Waals surface area contributed by atoms with Gasteiger partial charge in [-0.05, 0) is 24.5 Å². The molecule has 1 aliphatic heterocycles. The average molecular weight is 409 g/mol. The van der Waals surface area contributed by atoms with Gasteiger partial charge >= 0.3 is 0 Å². The van der Waals surface area contributed by atoms with E-state index in [0.29, 0.717) is 17.1 Å². The van der Waals surface area contributed by atoms with Crippen molar-refractivity contribution in [1.29, 1.82) is 0 Å². The number of aromatic nitrogens is 2. The van der Waals surface area contributed by atoms with E-state index in [2.05, 4.69) is 20.2 Å². The van der Waals surface area contributed by atoms with E-state index >= 15 is 0 Å². The Balaban J connectivity index is 1.52. The molecule has 1 fully saturated rings. The number of nitrogens with one attached hydrogen (secondary N) is 1. The van der Waals surface area contributed by atoms with E-state index in [4.69, 9.17) is 11.5 Å². The number of nitrogen functional groups attached to an aromatic ring is 1. The van der Waals surface area contributed by atoms with Crippen molar-refractivity contribution >= 4 is 33.6 Å². The first-order valence-electron chi connectivity index (χ1n) is 9.65. The normalized spacial score (nSPS) is 16.6. The van der Waals surface area contributed by atoms with Crippen LogP contribution >= 0.6 is 11.3 Å². The molecule has 4 rings (SSSR count). The molecule has 1 amide bonds. The zero-order chi connectivity index (χ0) is 20.2. The molecule has 0 radical (unpaired) electrons. The van der Waals surface area contributed by atoms with Crippen LogP contribution in [-0.2, 0) is 6.42 Å². The number of nitrogens with zero attached hydrogens (tertiary/aromatic N) is 3. The number of rotatable bonds is 5. The molecule has 3 aromatic rings. The van der Waals surface area contributed by atoms with Gasteiger partial charge in [0, 0.05) is 31.7 Å². The van der Waals surface area contributed by atoms with Crippen molar-refractivity contribution in [1.82, 2.24) is 9.97 Å². The molecular formula is C21H24N6OS. The minimum atomic E-state index is -0.325. The molecule has 0 bridgehead atoms.